The minimum absolute atomic E-state index is 0.0214. The van der Waals surface area contributed by atoms with Crippen LogP contribution in [0.2, 0.25) is 0 Å². The van der Waals surface area contributed by atoms with Gasteiger partial charge in [-0.3, -0.25) is 4.79 Å². The zero-order valence-corrected chi connectivity index (χ0v) is 7.02. The van der Waals surface area contributed by atoms with Gasteiger partial charge in [0.2, 0.25) is 0 Å². The normalized spacial score (nSPS) is 13.6. The molecule has 0 heterocycles. The number of nitrogens with zero attached hydrogens (tertiary/aromatic N) is 2. The molecule has 0 fully saturated rings. The van der Waals surface area contributed by atoms with Crippen LogP contribution >= 0.6 is 0 Å². The molecule has 0 unspecified atom stereocenters. The molecular formula is C10H4N2O2. The van der Waals surface area contributed by atoms with Crippen molar-refractivity contribution in [3.63, 3.8) is 0 Å². The van der Waals surface area contributed by atoms with Gasteiger partial charge in [0.05, 0.1) is 0 Å². The molecule has 0 N–H and O–H groups in total. The van der Waals surface area contributed by atoms with E-state index in [2.05, 4.69) is 4.79 Å². The lowest BCUT2D eigenvalue weighted by Gasteiger charge is -1.90. The van der Waals surface area contributed by atoms with Crippen LogP contribution in [0, 0.1) is 0 Å². The van der Waals surface area contributed by atoms with Crippen molar-refractivity contribution >= 4 is 23.0 Å². The van der Waals surface area contributed by atoms with E-state index in [-0.39, 0.29) is 11.3 Å². The van der Waals surface area contributed by atoms with Crippen molar-refractivity contribution in [3.05, 3.63) is 40.9 Å². The lowest BCUT2D eigenvalue weighted by molar-refractivity contribution is -0.00302. The summed E-state index contributed by atoms with van der Waals surface area (Å²) in [5.74, 6) is 1.16. The van der Waals surface area contributed by atoms with E-state index >= 15 is 0 Å². The molecule has 0 atom stereocenters. The first kappa shape index (κ1) is 8.32. The molecular weight excluding hydrogens is 180 g/mol. The lowest BCUT2D eigenvalue weighted by Crippen LogP contribution is -2.08. The summed E-state index contributed by atoms with van der Waals surface area (Å²) in [5, 5.41) is 0. The lowest BCUT2D eigenvalue weighted by atomic mass is 10.1. The Bertz CT molecular complexity index is 533. The van der Waals surface area contributed by atoms with E-state index in [1.54, 1.807) is 30.2 Å². The van der Waals surface area contributed by atoms with Crippen LogP contribution in [0.4, 0.5) is 0 Å². The Balaban J connectivity index is 2.86. The van der Waals surface area contributed by atoms with Crippen LogP contribution in [0.3, 0.4) is 0 Å². The number of fused-ring (bicyclic) bond motifs is 1. The third-order valence-corrected chi connectivity index (χ3v) is 2.09. The van der Waals surface area contributed by atoms with Crippen molar-refractivity contribution in [2.45, 2.75) is 0 Å². The largest absolute Gasteiger partial charge is 0.381 e. The highest BCUT2D eigenvalue weighted by Gasteiger charge is 2.39. The average Bonchev–Trinajstić information content (AvgIpc) is 2.51. The fourth-order valence-corrected chi connectivity index (χ4v) is 1.47. The Morgan fingerprint density at radius 3 is 2.43 bits per heavy atom. The third-order valence-electron chi connectivity index (χ3n) is 2.09. The molecule has 66 valence electrons. The molecule has 2 rings (SSSR count). The standard InChI is InChI=1S/C10H4N2O2/c11-12-9-8(5-13)6-3-1-2-4-7(6)10(9)14/h1-4H. The van der Waals surface area contributed by atoms with Crippen molar-refractivity contribution in [2.24, 2.45) is 0 Å². The summed E-state index contributed by atoms with van der Waals surface area (Å²) in [5.41, 5.74) is 9.21. The monoisotopic (exact) mass is 184 g/mol. The maximum Gasteiger partial charge on any atom is 0.381 e. The number of rotatable bonds is 0. The van der Waals surface area contributed by atoms with Gasteiger partial charge in [-0.15, -0.1) is 0 Å². The molecule has 0 spiro atoms. The maximum absolute atomic E-state index is 11.5. The second-order valence-electron chi connectivity index (χ2n) is 2.80. The van der Waals surface area contributed by atoms with Crippen molar-refractivity contribution in [1.82, 2.24) is 0 Å². The average molecular weight is 184 g/mol. The Morgan fingerprint density at radius 2 is 1.86 bits per heavy atom. The number of carbonyl (C=O) groups is 1. The van der Waals surface area contributed by atoms with Gasteiger partial charge in [0.25, 0.3) is 5.78 Å². The number of hydrogen-bond donors (Lipinski definition) is 0. The molecule has 1 aliphatic carbocycles. The minimum atomic E-state index is -0.443. The summed E-state index contributed by atoms with van der Waals surface area (Å²) in [4.78, 5) is 24.9. The summed E-state index contributed by atoms with van der Waals surface area (Å²) in [6, 6.07) is 6.57. The van der Waals surface area contributed by atoms with Gasteiger partial charge in [-0.05, 0) is 0 Å². The molecule has 0 amide bonds. The van der Waals surface area contributed by atoms with E-state index in [1.165, 1.54) is 0 Å². The quantitative estimate of drug-likeness (QED) is 0.339. The van der Waals surface area contributed by atoms with Gasteiger partial charge in [-0.1, -0.05) is 24.3 Å². The van der Waals surface area contributed by atoms with Gasteiger partial charge in [0.15, 0.2) is 5.57 Å². The van der Waals surface area contributed by atoms with E-state index in [4.69, 9.17) is 5.53 Å². The third kappa shape index (κ3) is 0.896. The SMILES string of the molecule is [N-]=[N+]=C1C(=O)c2ccccc2C1=C=O. The van der Waals surface area contributed by atoms with E-state index < -0.39 is 5.78 Å². The van der Waals surface area contributed by atoms with Crippen molar-refractivity contribution in [1.29, 1.82) is 0 Å². The minimum Gasteiger partial charge on any atom is -0.361 e. The fraction of sp³-hybridized carbons (Fsp3) is 0. The molecule has 14 heavy (non-hydrogen) atoms. The van der Waals surface area contributed by atoms with Crippen LogP contribution in [0.1, 0.15) is 15.9 Å². The molecule has 1 aliphatic rings. The molecule has 1 aromatic rings. The first-order chi connectivity index (χ1) is 6.79. The Kier molecular flexibility index (Phi) is 1.72. The van der Waals surface area contributed by atoms with Crippen LogP contribution in [0.5, 0.6) is 0 Å². The molecule has 4 nitrogen and oxygen atoms in total. The predicted molar refractivity (Wildman–Crippen MR) is 48.5 cm³/mol. The van der Waals surface area contributed by atoms with Crippen LogP contribution in [-0.2, 0) is 4.79 Å². The highest BCUT2D eigenvalue weighted by Crippen LogP contribution is 2.26. The van der Waals surface area contributed by atoms with Gasteiger partial charge in [-0.2, -0.15) is 4.79 Å². The topological polar surface area (TPSA) is 70.5 Å². The highest BCUT2D eigenvalue weighted by molar-refractivity contribution is 6.65. The Labute approximate surface area is 79.1 Å². The second kappa shape index (κ2) is 2.89. The highest BCUT2D eigenvalue weighted by atomic mass is 16.1. The molecule has 0 saturated heterocycles. The summed E-state index contributed by atoms with van der Waals surface area (Å²) in [6.07, 6.45) is 0. The number of Topliss-reactive ketones (excluding diaryl/α,β-unsaturated/α-hetero) is 1. The van der Waals surface area contributed by atoms with Crippen molar-refractivity contribution in [2.75, 3.05) is 0 Å². The summed E-state index contributed by atoms with van der Waals surface area (Å²) < 4.78 is 0. The van der Waals surface area contributed by atoms with E-state index in [0.717, 1.165) is 0 Å². The zero-order valence-electron chi connectivity index (χ0n) is 7.02. The van der Waals surface area contributed by atoms with Crippen molar-refractivity contribution < 1.29 is 14.4 Å². The van der Waals surface area contributed by atoms with Gasteiger partial charge in [-0.25, -0.2) is 4.79 Å². The van der Waals surface area contributed by atoms with Crippen LogP contribution in [0.15, 0.2) is 24.3 Å². The molecule has 0 bridgehead atoms. The summed E-state index contributed by atoms with van der Waals surface area (Å²) >= 11 is 0. The summed E-state index contributed by atoms with van der Waals surface area (Å²) in [6.45, 7) is 0. The fourth-order valence-electron chi connectivity index (χ4n) is 1.47. The molecule has 1 aromatic carbocycles. The van der Waals surface area contributed by atoms with Gasteiger partial charge in [0.1, 0.15) is 5.94 Å². The number of benzene rings is 1. The van der Waals surface area contributed by atoms with E-state index in [1.807, 2.05) is 0 Å². The number of carbonyl (C=O) groups excluding carboxylic acids is 2. The van der Waals surface area contributed by atoms with Gasteiger partial charge in [0, 0.05) is 11.1 Å². The van der Waals surface area contributed by atoms with Gasteiger partial charge >= 0.3 is 5.71 Å². The molecule has 4 heteroatoms. The molecule has 0 aliphatic heterocycles. The van der Waals surface area contributed by atoms with E-state index in [0.29, 0.717) is 11.1 Å². The summed E-state index contributed by atoms with van der Waals surface area (Å²) in [7, 11) is 0. The predicted octanol–water partition coefficient (Wildman–Crippen LogP) is 0.769. The van der Waals surface area contributed by atoms with Crippen molar-refractivity contribution in [3.8, 4) is 0 Å². The first-order valence-electron chi connectivity index (χ1n) is 3.91. The number of hydrogen-bond acceptors (Lipinski definition) is 2. The number of allylic oxidation sites excluding steroid dienone is 1. The zero-order chi connectivity index (χ0) is 10.1. The van der Waals surface area contributed by atoms with Gasteiger partial charge < -0.3 is 5.53 Å². The smallest absolute Gasteiger partial charge is 0.361 e. The molecule has 0 aromatic heterocycles. The Morgan fingerprint density at radius 1 is 1.21 bits per heavy atom. The van der Waals surface area contributed by atoms with Crippen LogP contribution < -0.4 is 0 Å². The Hall–Kier alpha value is -2.28. The maximum atomic E-state index is 11.5. The second-order valence-corrected chi connectivity index (χ2v) is 2.80. The number of ketones is 1. The van der Waals surface area contributed by atoms with Crippen LogP contribution in [0.25, 0.3) is 11.1 Å². The molecule has 0 saturated carbocycles. The van der Waals surface area contributed by atoms with Crippen LogP contribution in [-0.4, -0.2) is 22.2 Å². The molecule has 0 radical (unpaired) electrons. The first-order valence-corrected chi connectivity index (χ1v) is 3.91. The van der Waals surface area contributed by atoms with E-state index in [9.17, 15) is 9.59 Å².